The van der Waals surface area contributed by atoms with Gasteiger partial charge in [0, 0.05) is 44.3 Å². The van der Waals surface area contributed by atoms with Gasteiger partial charge in [-0.2, -0.15) is 4.80 Å². The van der Waals surface area contributed by atoms with Crippen molar-refractivity contribution in [1.82, 2.24) is 30.0 Å². The normalized spacial score (nSPS) is 15.3. The van der Waals surface area contributed by atoms with Crippen molar-refractivity contribution >= 4 is 5.97 Å². The second kappa shape index (κ2) is 12.6. The molecule has 3 aromatic carbocycles. The summed E-state index contributed by atoms with van der Waals surface area (Å²) in [5, 5.41) is 33.6. The van der Waals surface area contributed by atoms with E-state index in [-0.39, 0.29) is 18.2 Å². The van der Waals surface area contributed by atoms with Gasteiger partial charge in [-0.3, -0.25) is 9.80 Å². The molecule has 1 aliphatic rings. The first-order valence-electron chi connectivity index (χ1n) is 13.4. The Morgan fingerprint density at radius 3 is 2.38 bits per heavy atom. The first-order valence-corrected chi connectivity index (χ1v) is 13.4. The molecule has 0 radical (unpaired) electrons. The summed E-state index contributed by atoms with van der Waals surface area (Å²) in [6.07, 6.45) is 1.20. The van der Waals surface area contributed by atoms with Crippen molar-refractivity contribution in [2.24, 2.45) is 0 Å². The zero-order valence-corrected chi connectivity index (χ0v) is 21.9. The molecule has 1 saturated heterocycles. The Balaban J connectivity index is 1.28. The van der Waals surface area contributed by atoms with Gasteiger partial charge in [-0.15, -0.1) is 10.2 Å². The third-order valence-electron chi connectivity index (χ3n) is 7.13. The molecule has 2 heterocycles. The number of carboxylic acid groups (broad SMARTS) is 1. The molecular weight excluding hydrogens is 492 g/mol. The minimum Gasteiger partial charge on any atom is -0.550 e. The maximum Gasteiger partial charge on any atom is 0.204 e. The molecule has 0 spiro atoms. The average Bonchev–Trinajstić information content (AvgIpc) is 3.42. The molecule has 4 aromatic rings. The van der Waals surface area contributed by atoms with Crippen molar-refractivity contribution in [3.63, 3.8) is 0 Å². The summed E-state index contributed by atoms with van der Waals surface area (Å²) in [5.74, 6) is -0.248. The van der Waals surface area contributed by atoms with Crippen LogP contribution in [0.2, 0.25) is 0 Å². The van der Waals surface area contributed by atoms with Gasteiger partial charge in [0.1, 0.15) is 5.75 Å². The number of phenolic OH excluding ortho intramolecular Hbond substituents is 1. The Labute approximate surface area is 228 Å². The number of unbranched alkanes of at least 4 members (excludes halogenated alkanes) is 1. The molecule has 1 aromatic heterocycles. The lowest BCUT2D eigenvalue weighted by atomic mass is 9.95. The molecule has 5 rings (SSSR count). The molecule has 1 unspecified atom stereocenters. The van der Waals surface area contributed by atoms with E-state index in [9.17, 15) is 15.0 Å². The molecule has 1 N–H and O–H groups in total. The second-order valence-electron chi connectivity index (χ2n) is 9.96. The molecule has 0 saturated carbocycles. The van der Waals surface area contributed by atoms with Crippen molar-refractivity contribution in [1.29, 1.82) is 0 Å². The topological polar surface area (TPSA) is 110 Å². The number of hydrogen-bond donors (Lipinski definition) is 1. The van der Waals surface area contributed by atoms with Crippen LogP contribution in [0.1, 0.15) is 42.0 Å². The zero-order valence-electron chi connectivity index (χ0n) is 21.9. The monoisotopic (exact) mass is 525 g/mol. The molecule has 0 aliphatic carbocycles. The van der Waals surface area contributed by atoms with Crippen molar-refractivity contribution in [3.05, 3.63) is 95.6 Å². The Bertz CT molecular complexity index is 1350. The molecule has 1 atom stereocenters. The number of nitrogens with zero attached hydrogens (tertiary/aromatic N) is 6. The Morgan fingerprint density at radius 2 is 1.67 bits per heavy atom. The van der Waals surface area contributed by atoms with E-state index in [0.29, 0.717) is 25.2 Å². The Hall–Kier alpha value is -4.08. The summed E-state index contributed by atoms with van der Waals surface area (Å²) in [5.41, 5.74) is 4.38. The summed E-state index contributed by atoms with van der Waals surface area (Å²) in [4.78, 5) is 17.1. The fourth-order valence-corrected chi connectivity index (χ4v) is 5.12. The van der Waals surface area contributed by atoms with E-state index in [1.807, 2.05) is 30.3 Å². The van der Waals surface area contributed by atoms with Crippen LogP contribution in [0.3, 0.4) is 0 Å². The number of aliphatic carboxylic acids is 1. The fourth-order valence-electron chi connectivity index (χ4n) is 5.12. The van der Waals surface area contributed by atoms with Crippen molar-refractivity contribution in [2.75, 3.05) is 26.2 Å². The summed E-state index contributed by atoms with van der Waals surface area (Å²) in [6, 6.07) is 26.3. The molecule has 1 aliphatic heterocycles. The van der Waals surface area contributed by atoms with Gasteiger partial charge in [0.15, 0.2) is 0 Å². The molecule has 9 nitrogen and oxygen atoms in total. The highest BCUT2D eigenvalue weighted by Crippen LogP contribution is 2.32. The molecule has 0 amide bonds. The van der Waals surface area contributed by atoms with Crippen LogP contribution >= 0.6 is 0 Å². The van der Waals surface area contributed by atoms with E-state index in [0.717, 1.165) is 49.4 Å². The number of phenols is 1. The smallest absolute Gasteiger partial charge is 0.204 e. The third-order valence-corrected chi connectivity index (χ3v) is 7.13. The lowest BCUT2D eigenvalue weighted by Gasteiger charge is -2.40. The van der Waals surface area contributed by atoms with E-state index < -0.39 is 5.97 Å². The lowest BCUT2D eigenvalue weighted by molar-refractivity contribution is -0.305. The highest BCUT2D eigenvalue weighted by Gasteiger charge is 2.27. The summed E-state index contributed by atoms with van der Waals surface area (Å²) in [6.45, 7) is 5.24. The number of aromatic nitrogens is 4. The van der Waals surface area contributed by atoms with Crippen LogP contribution in [0, 0.1) is 0 Å². The number of aryl methyl sites for hydroxylation is 1. The molecular formula is C30H33N6O3-. The number of carboxylic acids is 1. The maximum absolute atomic E-state index is 10.6. The minimum atomic E-state index is -1.04. The first-order chi connectivity index (χ1) is 19.0. The van der Waals surface area contributed by atoms with Gasteiger partial charge in [-0.1, -0.05) is 66.7 Å². The van der Waals surface area contributed by atoms with Crippen LogP contribution in [0.25, 0.3) is 11.4 Å². The van der Waals surface area contributed by atoms with Crippen molar-refractivity contribution in [3.8, 4) is 17.1 Å². The molecule has 202 valence electrons. The Morgan fingerprint density at radius 1 is 0.897 bits per heavy atom. The van der Waals surface area contributed by atoms with Crippen LogP contribution in [0.5, 0.6) is 5.75 Å². The number of carbonyl (C=O) groups is 1. The van der Waals surface area contributed by atoms with Crippen LogP contribution < -0.4 is 5.11 Å². The number of aromatic hydroxyl groups is 1. The number of tetrazole rings is 1. The van der Waals surface area contributed by atoms with E-state index >= 15 is 0 Å². The maximum atomic E-state index is 10.6. The van der Waals surface area contributed by atoms with E-state index in [1.165, 1.54) is 10.4 Å². The summed E-state index contributed by atoms with van der Waals surface area (Å²) < 4.78 is 0. The predicted octanol–water partition coefficient (Wildman–Crippen LogP) is 2.87. The SMILES string of the molecule is O=C([O-])CCCCn1nnc(-c2ccc(C(c3cccc(O)c3)N3CCN(Cc4ccccc4)CC3)cc2)n1. The third kappa shape index (κ3) is 7.07. The molecule has 9 heteroatoms. The van der Waals surface area contributed by atoms with Crippen LogP contribution in [0.15, 0.2) is 78.9 Å². The highest BCUT2D eigenvalue weighted by molar-refractivity contribution is 5.64. The summed E-state index contributed by atoms with van der Waals surface area (Å²) in [7, 11) is 0. The second-order valence-corrected chi connectivity index (χ2v) is 9.96. The molecule has 1 fully saturated rings. The quantitative estimate of drug-likeness (QED) is 0.298. The van der Waals surface area contributed by atoms with Gasteiger partial charge in [0.05, 0.1) is 12.6 Å². The zero-order chi connectivity index (χ0) is 27.0. The van der Waals surface area contributed by atoms with Crippen LogP contribution in [0.4, 0.5) is 0 Å². The molecule has 39 heavy (non-hydrogen) atoms. The first kappa shape index (κ1) is 26.5. The fraction of sp³-hybridized carbons (Fsp3) is 0.333. The average molecular weight is 526 g/mol. The Kier molecular flexibility index (Phi) is 8.60. The van der Waals surface area contributed by atoms with Gasteiger partial charge >= 0.3 is 0 Å². The predicted molar refractivity (Wildman–Crippen MR) is 145 cm³/mol. The van der Waals surface area contributed by atoms with Gasteiger partial charge in [-0.25, -0.2) is 0 Å². The number of hydrogen-bond acceptors (Lipinski definition) is 8. The van der Waals surface area contributed by atoms with Crippen molar-refractivity contribution < 1.29 is 15.0 Å². The van der Waals surface area contributed by atoms with E-state index in [1.54, 1.807) is 6.07 Å². The summed E-state index contributed by atoms with van der Waals surface area (Å²) >= 11 is 0. The van der Waals surface area contributed by atoms with E-state index in [4.69, 9.17) is 0 Å². The van der Waals surface area contributed by atoms with Crippen LogP contribution in [-0.4, -0.2) is 67.3 Å². The van der Waals surface area contributed by atoms with Gasteiger partial charge in [0.25, 0.3) is 0 Å². The number of carbonyl (C=O) groups excluding carboxylic acids is 1. The van der Waals surface area contributed by atoms with Crippen molar-refractivity contribution in [2.45, 2.75) is 38.4 Å². The number of piperazine rings is 1. The highest BCUT2D eigenvalue weighted by atomic mass is 16.4. The lowest BCUT2D eigenvalue weighted by Crippen LogP contribution is -2.47. The van der Waals surface area contributed by atoms with Gasteiger partial charge < -0.3 is 15.0 Å². The van der Waals surface area contributed by atoms with Gasteiger partial charge in [0.2, 0.25) is 5.82 Å². The standard InChI is InChI=1S/C30H34N6O3/c37-27-10-6-9-26(21-27)29(35-19-17-34(18-20-35)22-23-7-2-1-3-8-23)24-12-14-25(15-13-24)30-31-33-36(32-30)16-5-4-11-28(38)39/h1-3,6-10,12-15,21,29,37H,4-5,11,16-20,22H2,(H,38,39)/p-1. The number of rotatable bonds is 11. The molecule has 0 bridgehead atoms. The van der Waals surface area contributed by atoms with Crippen LogP contribution in [-0.2, 0) is 17.9 Å². The van der Waals surface area contributed by atoms with E-state index in [2.05, 4.69) is 67.7 Å². The largest absolute Gasteiger partial charge is 0.550 e. The number of benzene rings is 3. The van der Waals surface area contributed by atoms with Gasteiger partial charge in [-0.05, 0) is 53.3 Å². The minimum absolute atomic E-state index is 0.0115.